The first kappa shape index (κ1) is 19.0. The maximum Gasteiger partial charge on any atom is -0.0162 e. The van der Waals surface area contributed by atoms with Crippen molar-refractivity contribution in [3.8, 4) is 0 Å². The summed E-state index contributed by atoms with van der Waals surface area (Å²) < 4.78 is 0. The number of hydrogen-bond acceptors (Lipinski definition) is 0. The Kier molecular flexibility index (Phi) is 7.02. The van der Waals surface area contributed by atoms with Crippen molar-refractivity contribution in [2.24, 2.45) is 23.7 Å². The fraction of sp³-hybridized carbons (Fsp3) is 0.760. The van der Waals surface area contributed by atoms with E-state index >= 15 is 0 Å². The summed E-state index contributed by atoms with van der Waals surface area (Å²) in [6, 6.07) is 9.74. The minimum Gasteiger partial charge on any atom is -0.0651 e. The van der Waals surface area contributed by atoms with Gasteiger partial charge in [0.25, 0.3) is 0 Å². The molecule has 1 aromatic carbocycles. The van der Waals surface area contributed by atoms with Gasteiger partial charge in [0, 0.05) is 0 Å². The lowest BCUT2D eigenvalue weighted by molar-refractivity contribution is 0.165. The Morgan fingerprint density at radius 1 is 0.760 bits per heavy atom. The van der Waals surface area contributed by atoms with Gasteiger partial charge in [0.05, 0.1) is 0 Å². The molecule has 3 rings (SSSR count). The highest BCUT2D eigenvalue weighted by molar-refractivity contribution is 5.26. The van der Waals surface area contributed by atoms with Crippen molar-refractivity contribution in [1.82, 2.24) is 0 Å². The second-order valence-electron chi connectivity index (χ2n) is 9.26. The van der Waals surface area contributed by atoms with Crippen LogP contribution in [0.1, 0.15) is 102 Å². The Balaban J connectivity index is 1.49. The van der Waals surface area contributed by atoms with Gasteiger partial charge in [0.2, 0.25) is 0 Å². The zero-order chi connectivity index (χ0) is 17.6. The van der Waals surface area contributed by atoms with E-state index in [0.29, 0.717) is 0 Å². The molecule has 2 fully saturated rings. The third-order valence-corrected chi connectivity index (χ3v) is 7.63. The summed E-state index contributed by atoms with van der Waals surface area (Å²) >= 11 is 0. The van der Waals surface area contributed by atoms with Crippen LogP contribution in [-0.4, -0.2) is 0 Å². The minimum absolute atomic E-state index is 0.834. The van der Waals surface area contributed by atoms with E-state index in [1.54, 1.807) is 11.1 Å². The van der Waals surface area contributed by atoms with Crippen molar-refractivity contribution in [2.75, 3.05) is 0 Å². The lowest BCUT2D eigenvalue weighted by Gasteiger charge is -2.37. The third-order valence-electron chi connectivity index (χ3n) is 7.63. The third kappa shape index (κ3) is 5.11. The molecule has 0 radical (unpaired) electrons. The van der Waals surface area contributed by atoms with Gasteiger partial charge in [-0.25, -0.2) is 0 Å². The van der Waals surface area contributed by atoms with Gasteiger partial charge < -0.3 is 0 Å². The van der Waals surface area contributed by atoms with Gasteiger partial charge in [0.1, 0.15) is 0 Å². The van der Waals surface area contributed by atoms with Crippen LogP contribution < -0.4 is 0 Å². The van der Waals surface area contributed by atoms with Crippen molar-refractivity contribution in [3.63, 3.8) is 0 Å². The van der Waals surface area contributed by atoms with Crippen LogP contribution in [0.2, 0.25) is 0 Å². The Labute approximate surface area is 156 Å². The second-order valence-corrected chi connectivity index (χ2v) is 9.26. The molecule has 140 valence electrons. The van der Waals surface area contributed by atoms with Crippen LogP contribution in [0.4, 0.5) is 0 Å². The SMILES string of the molecule is CCC(CC)Cc1ccc(C2CCC(C3CCC(C)CC3)CC2)cc1. The van der Waals surface area contributed by atoms with E-state index in [-0.39, 0.29) is 0 Å². The number of rotatable bonds is 6. The summed E-state index contributed by atoms with van der Waals surface area (Å²) in [6.07, 6.45) is 15.7. The van der Waals surface area contributed by atoms with Gasteiger partial charge in [-0.05, 0) is 85.7 Å². The fourth-order valence-electron chi connectivity index (χ4n) is 5.52. The molecule has 2 aliphatic carbocycles. The summed E-state index contributed by atoms with van der Waals surface area (Å²) in [5, 5.41) is 0. The van der Waals surface area contributed by atoms with Crippen LogP contribution in [0, 0.1) is 23.7 Å². The molecule has 25 heavy (non-hydrogen) atoms. The molecule has 0 atom stereocenters. The lowest BCUT2D eigenvalue weighted by atomic mass is 9.68. The topological polar surface area (TPSA) is 0 Å². The van der Waals surface area contributed by atoms with E-state index in [1.807, 2.05) is 0 Å². The van der Waals surface area contributed by atoms with Gasteiger partial charge in [-0.15, -0.1) is 0 Å². The van der Waals surface area contributed by atoms with E-state index in [2.05, 4.69) is 45.0 Å². The maximum absolute atomic E-state index is 2.45. The quantitative estimate of drug-likeness (QED) is 0.496. The van der Waals surface area contributed by atoms with Crippen molar-refractivity contribution < 1.29 is 0 Å². The van der Waals surface area contributed by atoms with E-state index in [1.165, 1.54) is 70.6 Å². The standard InChI is InChI=1S/C25H40/c1-4-20(5-2)18-21-8-12-23(13-9-21)25-16-14-24(15-17-25)22-10-6-19(3)7-11-22/h8-9,12-13,19-20,22,24-25H,4-7,10-11,14-18H2,1-3H3. The van der Waals surface area contributed by atoms with Crippen molar-refractivity contribution >= 4 is 0 Å². The molecule has 0 heterocycles. The molecule has 0 heteroatoms. The van der Waals surface area contributed by atoms with Crippen LogP contribution in [0.5, 0.6) is 0 Å². The van der Waals surface area contributed by atoms with Crippen molar-refractivity contribution in [2.45, 2.75) is 97.3 Å². The summed E-state index contributed by atoms with van der Waals surface area (Å²) in [7, 11) is 0. The Hall–Kier alpha value is -0.780. The van der Waals surface area contributed by atoms with Crippen LogP contribution >= 0.6 is 0 Å². The van der Waals surface area contributed by atoms with Crippen LogP contribution in [0.25, 0.3) is 0 Å². The number of hydrogen-bond donors (Lipinski definition) is 0. The summed E-state index contributed by atoms with van der Waals surface area (Å²) in [5.41, 5.74) is 3.16. The van der Waals surface area contributed by atoms with Crippen LogP contribution in [0.3, 0.4) is 0 Å². The summed E-state index contributed by atoms with van der Waals surface area (Å²) in [6.45, 7) is 7.10. The molecule has 0 nitrogen and oxygen atoms in total. The molecule has 2 aliphatic rings. The van der Waals surface area contributed by atoms with Gasteiger partial charge in [-0.1, -0.05) is 70.7 Å². The first-order valence-corrected chi connectivity index (χ1v) is 11.3. The molecule has 0 spiro atoms. The highest BCUT2D eigenvalue weighted by Crippen LogP contribution is 2.43. The molecule has 0 aromatic heterocycles. The molecule has 1 aromatic rings. The highest BCUT2D eigenvalue weighted by Gasteiger charge is 2.30. The maximum atomic E-state index is 2.45. The van der Waals surface area contributed by atoms with E-state index in [9.17, 15) is 0 Å². The number of benzene rings is 1. The average molecular weight is 341 g/mol. The van der Waals surface area contributed by atoms with E-state index in [4.69, 9.17) is 0 Å². The molecular formula is C25H40. The zero-order valence-electron chi connectivity index (χ0n) is 17.0. The molecule has 0 amide bonds. The van der Waals surface area contributed by atoms with Crippen molar-refractivity contribution in [1.29, 1.82) is 0 Å². The van der Waals surface area contributed by atoms with Gasteiger partial charge in [0.15, 0.2) is 0 Å². The van der Waals surface area contributed by atoms with Gasteiger partial charge in [-0.3, -0.25) is 0 Å². The highest BCUT2D eigenvalue weighted by atomic mass is 14.4. The molecule has 0 saturated heterocycles. The lowest BCUT2D eigenvalue weighted by Crippen LogP contribution is -2.24. The Bertz CT molecular complexity index is 479. The van der Waals surface area contributed by atoms with Gasteiger partial charge >= 0.3 is 0 Å². The van der Waals surface area contributed by atoms with Crippen molar-refractivity contribution in [3.05, 3.63) is 35.4 Å². The first-order valence-electron chi connectivity index (χ1n) is 11.3. The molecule has 0 bridgehead atoms. The summed E-state index contributed by atoms with van der Waals surface area (Å²) in [4.78, 5) is 0. The van der Waals surface area contributed by atoms with E-state index < -0.39 is 0 Å². The minimum atomic E-state index is 0.834. The fourth-order valence-corrected chi connectivity index (χ4v) is 5.52. The normalized spacial score (nSPS) is 30.6. The average Bonchev–Trinajstić information content (AvgIpc) is 2.67. The largest absolute Gasteiger partial charge is 0.0651 e. The Morgan fingerprint density at radius 3 is 1.80 bits per heavy atom. The predicted octanol–water partition coefficient (Wildman–Crippen LogP) is 7.77. The molecule has 0 aliphatic heterocycles. The first-order chi connectivity index (χ1) is 12.2. The van der Waals surface area contributed by atoms with Gasteiger partial charge in [-0.2, -0.15) is 0 Å². The van der Waals surface area contributed by atoms with Crippen LogP contribution in [0.15, 0.2) is 24.3 Å². The molecular weight excluding hydrogens is 300 g/mol. The van der Waals surface area contributed by atoms with Crippen LogP contribution in [-0.2, 0) is 6.42 Å². The second kappa shape index (κ2) is 9.24. The summed E-state index contributed by atoms with van der Waals surface area (Å²) in [5.74, 6) is 4.78. The smallest absolute Gasteiger partial charge is 0.0162 e. The molecule has 2 saturated carbocycles. The molecule has 0 N–H and O–H groups in total. The monoisotopic (exact) mass is 340 g/mol. The predicted molar refractivity (Wildman–Crippen MR) is 110 cm³/mol. The molecule has 0 unspecified atom stereocenters. The Morgan fingerprint density at radius 2 is 1.28 bits per heavy atom. The van der Waals surface area contributed by atoms with E-state index in [0.717, 1.165) is 29.6 Å². The zero-order valence-corrected chi connectivity index (χ0v) is 17.0.